The largest absolute Gasteiger partial charge is 0.389 e. The van der Waals surface area contributed by atoms with Crippen LogP contribution in [0.2, 0.25) is 0 Å². The second-order valence-electron chi connectivity index (χ2n) is 4.74. The molecule has 0 heterocycles. The van der Waals surface area contributed by atoms with Crippen molar-refractivity contribution < 1.29 is 13.2 Å². The Morgan fingerprint density at radius 3 is 2.21 bits per heavy atom. The second kappa shape index (κ2) is 7.53. The maximum absolute atomic E-state index is 12.4. The second-order valence-corrected chi connectivity index (χ2v) is 4.74. The van der Waals surface area contributed by atoms with E-state index in [1.807, 2.05) is 44.2 Å². The van der Waals surface area contributed by atoms with Crippen LogP contribution in [-0.2, 0) is 0 Å². The molecular formula is C15H22F3N. The third kappa shape index (κ3) is 5.64. The molecule has 0 bridgehead atoms. The van der Waals surface area contributed by atoms with E-state index in [4.69, 9.17) is 0 Å². The van der Waals surface area contributed by atoms with Crippen molar-refractivity contribution in [2.24, 2.45) is 0 Å². The van der Waals surface area contributed by atoms with Crippen molar-refractivity contribution >= 4 is 0 Å². The van der Waals surface area contributed by atoms with E-state index in [9.17, 15) is 13.2 Å². The predicted molar refractivity (Wildman–Crippen MR) is 72.2 cm³/mol. The lowest BCUT2D eigenvalue weighted by molar-refractivity contribution is -0.136. The molecule has 19 heavy (non-hydrogen) atoms. The van der Waals surface area contributed by atoms with E-state index in [2.05, 4.69) is 5.32 Å². The minimum absolute atomic E-state index is 0.126. The molecular weight excluding hydrogens is 251 g/mol. The van der Waals surface area contributed by atoms with Crippen LogP contribution in [0.4, 0.5) is 13.2 Å². The molecule has 0 aliphatic rings. The number of hydrogen-bond donors (Lipinski definition) is 1. The molecule has 0 aliphatic heterocycles. The number of rotatable bonds is 7. The Hall–Kier alpha value is -1.03. The van der Waals surface area contributed by atoms with Gasteiger partial charge in [-0.2, -0.15) is 13.2 Å². The van der Waals surface area contributed by atoms with Gasteiger partial charge in [0.2, 0.25) is 0 Å². The summed E-state index contributed by atoms with van der Waals surface area (Å²) in [5.74, 6) is 0.128. The average molecular weight is 273 g/mol. The Morgan fingerprint density at radius 2 is 1.74 bits per heavy atom. The van der Waals surface area contributed by atoms with Crippen molar-refractivity contribution in [2.75, 3.05) is 6.54 Å². The zero-order chi connectivity index (χ0) is 14.3. The molecule has 0 aliphatic carbocycles. The van der Waals surface area contributed by atoms with E-state index >= 15 is 0 Å². The molecule has 0 fully saturated rings. The molecule has 2 atom stereocenters. The predicted octanol–water partition coefficient (Wildman–Crippen LogP) is 4.50. The van der Waals surface area contributed by atoms with Gasteiger partial charge < -0.3 is 5.32 Å². The van der Waals surface area contributed by atoms with Crippen LogP contribution < -0.4 is 5.32 Å². The minimum Gasteiger partial charge on any atom is -0.314 e. The summed E-state index contributed by atoms with van der Waals surface area (Å²) >= 11 is 0. The van der Waals surface area contributed by atoms with Crippen LogP contribution in [0.25, 0.3) is 0 Å². The van der Waals surface area contributed by atoms with E-state index in [0.29, 0.717) is 6.54 Å². The number of halogens is 3. The number of alkyl halides is 3. The number of benzene rings is 1. The summed E-state index contributed by atoms with van der Waals surface area (Å²) in [5.41, 5.74) is 1.11. The smallest absolute Gasteiger partial charge is 0.314 e. The Morgan fingerprint density at radius 1 is 1.11 bits per heavy atom. The van der Waals surface area contributed by atoms with Crippen LogP contribution in [0.15, 0.2) is 30.3 Å². The lowest BCUT2D eigenvalue weighted by atomic mass is 9.86. The lowest BCUT2D eigenvalue weighted by Crippen LogP contribution is -2.35. The first-order valence-electron chi connectivity index (χ1n) is 6.83. The van der Waals surface area contributed by atoms with Crippen LogP contribution in [0.3, 0.4) is 0 Å². The molecule has 0 spiro atoms. The summed E-state index contributed by atoms with van der Waals surface area (Å²) in [6.45, 7) is 4.64. The summed E-state index contributed by atoms with van der Waals surface area (Å²) < 4.78 is 37.2. The molecule has 0 amide bonds. The Balaban J connectivity index is 2.77. The quantitative estimate of drug-likeness (QED) is 0.771. The van der Waals surface area contributed by atoms with Crippen molar-refractivity contribution in [2.45, 2.75) is 51.2 Å². The van der Waals surface area contributed by atoms with Gasteiger partial charge in [0, 0.05) is 12.5 Å². The van der Waals surface area contributed by atoms with Crippen LogP contribution in [0, 0.1) is 0 Å². The molecule has 2 unspecified atom stereocenters. The molecule has 4 heteroatoms. The van der Waals surface area contributed by atoms with Gasteiger partial charge in [-0.25, -0.2) is 0 Å². The number of nitrogens with one attached hydrogen (secondary N) is 1. The van der Waals surface area contributed by atoms with Crippen LogP contribution >= 0.6 is 0 Å². The maximum Gasteiger partial charge on any atom is 0.389 e. The van der Waals surface area contributed by atoms with Crippen LogP contribution in [0.1, 0.15) is 44.6 Å². The van der Waals surface area contributed by atoms with Gasteiger partial charge >= 0.3 is 6.18 Å². The molecule has 0 saturated carbocycles. The van der Waals surface area contributed by atoms with Crippen LogP contribution in [-0.4, -0.2) is 18.8 Å². The molecule has 1 nitrogen and oxygen atoms in total. The van der Waals surface area contributed by atoms with Gasteiger partial charge in [-0.1, -0.05) is 44.2 Å². The van der Waals surface area contributed by atoms with Gasteiger partial charge in [-0.3, -0.25) is 0 Å². The van der Waals surface area contributed by atoms with Gasteiger partial charge in [-0.15, -0.1) is 0 Å². The van der Waals surface area contributed by atoms with Gasteiger partial charge in [0.1, 0.15) is 0 Å². The summed E-state index contributed by atoms with van der Waals surface area (Å²) in [7, 11) is 0. The third-order valence-corrected chi connectivity index (χ3v) is 3.36. The first kappa shape index (κ1) is 16.0. The molecule has 1 rings (SSSR count). The van der Waals surface area contributed by atoms with Crippen LogP contribution in [0.5, 0.6) is 0 Å². The SMILES string of the molecule is CCNC(CCC(F)(F)F)C(CC)c1ccccc1. The fourth-order valence-electron chi connectivity index (χ4n) is 2.48. The molecule has 0 saturated heterocycles. The van der Waals surface area contributed by atoms with Crippen molar-refractivity contribution in [1.82, 2.24) is 5.32 Å². The first-order chi connectivity index (χ1) is 8.98. The molecule has 1 aromatic carbocycles. The topological polar surface area (TPSA) is 12.0 Å². The van der Waals surface area contributed by atoms with Gasteiger partial charge in [0.05, 0.1) is 0 Å². The number of hydrogen-bond acceptors (Lipinski definition) is 1. The highest BCUT2D eigenvalue weighted by Crippen LogP contribution is 2.29. The summed E-state index contributed by atoms with van der Waals surface area (Å²) in [5, 5.41) is 3.20. The monoisotopic (exact) mass is 273 g/mol. The highest BCUT2D eigenvalue weighted by molar-refractivity contribution is 5.21. The van der Waals surface area contributed by atoms with Gasteiger partial charge in [0.15, 0.2) is 0 Å². The van der Waals surface area contributed by atoms with E-state index < -0.39 is 12.6 Å². The van der Waals surface area contributed by atoms with Crippen molar-refractivity contribution in [1.29, 1.82) is 0 Å². The Kier molecular flexibility index (Phi) is 6.35. The Labute approximate surface area is 113 Å². The molecule has 1 aromatic rings. The van der Waals surface area contributed by atoms with Gasteiger partial charge in [-0.05, 0) is 30.9 Å². The standard InChI is InChI=1S/C15H22F3N/c1-3-13(12-8-6-5-7-9-12)14(19-4-2)10-11-15(16,17)18/h5-9,13-14,19H,3-4,10-11H2,1-2H3. The highest BCUT2D eigenvalue weighted by Gasteiger charge is 2.30. The van der Waals surface area contributed by atoms with E-state index in [0.717, 1.165) is 12.0 Å². The van der Waals surface area contributed by atoms with Crippen molar-refractivity contribution in [3.8, 4) is 0 Å². The summed E-state index contributed by atoms with van der Waals surface area (Å²) in [4.78, 5) is 0. The van der Waals surface area contributed by atoms with E-state index in [1.54, 1.807) is 0 Å². The highest BCUT2D eigenvalue weighted by atomic mass is 19.4. The summed E-state index contributed by atoms with van der Waals surface area (Å²) in [6.07, 6.45) is -3.85. The fraction of sp³-hybridized carbons (Fsp3) is 0.600. The molecule has 0 aromatic heterocycles. The van der Waals surface area contributed by atoms with E-state index in [1.165, 1.54) is 0 Å². The minimum atomic E-state index is -4.08. The van der Waals surface area contributed by atoms with E-state index in [-0.39, 0.29) is 18.4 Å². The molecule has 1 N–H and O–H groups in total. The fourth-order valence-corrected chi connectivity index (χ4v) is 2.48. The average Bonchev–Trinajstić information content (AvgIpc) is 2.37. The Bertz CT molecular complexity index is 348. The third-order valence-electron chi connectivity index (χ3n) is 3.36. The van der Waals surface area contributed by atoms with Gasteiger partial charge in [0.25, 0.3) is 0 Å². The normalized spacial score (nSPS) is 15.2. The van der Waals surface area contributed by atoms with Crippen molar-refractivity contribution in [3.63, 3.8) is 0 Å². The zero-order valence-electron chi connectivity index (χ0n) is 11.5. The molecule has 0 radical (unpaired) electrons. The lowest BCUT2D eigenvalue weighted by Gasteiger charge is -2.28. The first-order valence-corrected chi connectivity index (χ1v) is 6.83. The molecule has 108 valence electrons. The summed E-state index contributed by atoms with van der Waals surface area (Å²) in [6, 6.07) is 9.65. The number of likely N-dealkylation sites (N-methyl/N-ethyl adjacent to an activating group) is 1. The van der Waals surface area contributed by atoms with Crippen molar-refractivity contribution in [3.05, 3.63) is 35.9 Å². The maximum atomic E-state index is 12.4. The zero-order valence-corrected chi connectivity index (χ0v) is 11.5.